The van der Waals surface area contributed by atoms with Crippen molar-refractivity contribution in [3.8, 4) is 55.6 Å². The van der Waals surface area contributed by atoms with Gasteiger partial charge in [-0.2, -0.15) is 0 Å². The maximum Gasteiger partial charge on any atom is 0.0726 e. The van der Waals surface area contributed by atoms with Crippen molar-refractivity contribution in [2.75, 3.05) is 4.90 Å². The van der Waals surface area contributed by atoms with Crippen LogP contribution in [-0.4, -0.2) is 0 Å². The van der Waals surface area contributed by atoms with Gasteiger partial charge in [-0.3, -0.25) is 0 Å². The van der Waals surface area contributed by atoms with E-state index in [2.05, 4.69) is 0 Å². The van der Waals surface area contributed by atoms with Crippen LogP contribution in [0.1, 0.15) is 109 Å². The van der Waals surface area contributed by atoms with Crippen molar-refractivity contribution in [3.63, 3.8) is 0 Å². The third-order valence-corrected chi connectivity index (χ3v) is 12.9. The fraction of sp³-hybridized carbons (Fsp3) is 0.0278. The highest BCUT2D eigenvalue weighted by Gasteiger charge is 2.53. The normalized spacial score (nSPS) is 22.7. The molecule has 15 rings (SSSR count). The van der Waals surface area contributed by atoms with Crippen LogP contribution in [0.15, 0.2) is 284 Å². The molecule has 12 aromatic rings. The van der Waals surface area contributed by atoms with Crippen LogP contribution in [0, 0.1) is 0 Å². The van der Waals surface area contributed by atoms with Crippen LogP contribution in [-0.2, 0) is 10.8 Å². The molecular formula is C72H47N. The number of anilines is 3. The Morgan fingerprint density at radius 3 is 1.36 bits per heavy atom. The molecule has 0 radical (unpaired) electrons. The van der Waals surface area contributed by atoms with Gasteiger partial charge in [-0.1, -0.05) is 260 Å². The molecule has 1 heteroatoms. The van der Waals surface area contributed by atoms with Gasteiger partial charge in [0.1, 0.15) is 0 Å². The fourth-order valence-electron chi connectivity index (χ4n) is 10.1. The molecule has 12 aromatic carbocycles. The van der Waals surface area contributed by atoms with Crippen LogP contribution in [0.3, 0.4) is 0 Å². The lowest BCUT2D eigenvalue weighted by atomic mass is 9.67. The van der Waals surface area contributed by atoms with Crippen molar-refractivity contribution in [1.29, 1.82) is 0 Å². The minimum atomic E-state index is -3.84. The largest absolute Gasteiger partial charge is 0.309 e. The smallest absolute Gasteiger partial charge is 0.0726 e. The summed E-state index contributed by atoms with van der Waals surface area (Å²) in [6, 6.07) is -63.6. The van der Waals surface area contributed by atoms with Crippen molar-refractivity contribution in [2.45, 2.75) is 10.8 Å². The number of benzene rings is 12. The van der Waals surface area contributed by atoms with Crippen LogP contribution in [0.2, 0.25) is 0 Å². The molecule has 0 saturated carbocycles. The molecule has 1 spiro atoms. The Bertz CT molecular complexity index is 6750. The first-order valence-electron chi connectivity index (χ1n) is 45.2. The SMILES string of the molecule is [2H]c1c([2H])c([2H])c(-c2c([2H])c([2H])c(-c3c(N(c4c([2H])c([2H])c5c(c4[2H])C(c4c([2H])c([2H])c([2H])c([2H])c4[2H])(c4c([2H])c([2H])c([2H])c([2H])c4[2H])c4c([2H])c([2H])c([2H])c([2H])c4-5)c4c([2H])c([2H])c([2H])c5c4-c4c([2H])c([2H])c([2H])c([2H])c4C54c5c([2H])c([2H])c([2H])c([2H])c5-c5c([2H])c([2H])c([2H])c([2H])c54)c([2H])c([2H])c4c([2H])c([2H])c([2H])c([2H])c34)c([2H])c2[2H])c([2H])c1[2H]. The van der Waals surface area contributed by atoms with Gasteiger partial charge < -0.3 is 4.90 Å². The molecule has 0 N–H and O–H groups in total. The first-order chi connectivity index (χ1) is 55.8. The van der Waals surface area contributed by atoms with E-state index in [9.17, 15) is 50.7 Å². The molecule has 0 unspecified atom stereocenters. The summed E-state index contributed by atoms with van der Waals surface area (Å²) >= 11 is 0. The highest BCUT2D eigenvalue weighted by atomic mass is 15.1. The average molecular weight is 973 g/mol. The van der Waals surface area contributed by atoms with Crippen LogP contribution in [0.25, 0.3) is 66.4 Å². The molecule has 0 bridgehead atoms. The molecule has 0 heterocycles. The van der Waals surface area contributed by atoms with E-state index in [-0.39, 0.29) is 4.90 Å². The second-order valence-electron chi connectivity index (χ2n) is 16.3. The van der Waals surface area contributed by atoms with Crippen LogP contribution < -0.4 is 4.90 Å². The molecule has 3 aliphatic rings. The first-order valence-corrected chi connectivity index (χ1v) is 21.7. The van der Waals surface area contributed by atoms with Crippen molar-refractivity contribution in [1.82, 2.24) is 0 Å². The Labute approximate surface area is 492 Å². The van der Waals surface area contributed by atoms with Crippen molar-refractivity contribution >= 4 is 27.8 Å². The zero-order chi connectivity index (χ0) is 89.0. The molecule has 1 nitrogen and oxygen atoms in total. The van der Waals surface area contributed by atoms with Crippen LogP contribution in [0.5, 0.6) is 0 Å². The molecule has 0 fully saturated rings. The molecule has 0 aliphatic heterocycles. The van der Waals surface area contributed by atoms with E-state index in [4.69, 9.17) is 13.7 Å². The predicted octanol–water partition coefficient (Wildman–Crippen LogP) is 18.4. The third kappa shape index (κ3) is 5.79. The topological polar surface area (TPSA) is 3.24 Å². The molecular weight excluding hydrogens is 879 g/mol. The van der Waals surface area contributed by atoms with E-state index in [0.717, 1.165) is 0 Å². The minimum absolute atomic E-state index is 0.113. The van der Waals surface area contributed by atoms with Gasteiger partial charge in [-0.15, -0.1) is 0 Å². The zero-order valence-electron chi connectivity index (χ0n) is 83.4. The Morgan fingerprint density at radius 2 is 0.726 bits per heavy atom. The van der Waals surface area contributed by atoms with Gasteiger partial charge in [-0.25, -0.2) is 0 Å². The summed E-state index contributed by atoms with van der Waals surface area (Å²) in [7, 11) is 0. The molecule has 0 amide bonds. The Hall–Kier alpha value is -9.30. The molecule has 0 atom stereocenters. The van der Waals surface area contributed by atoms with Gasteiger partial charge in [0.15, 0.2) is 0 Å². The highest BCUT2D eigenvalue weighted by Crippen LogP contribution is 2.65. The summed E-state index contributed by atoms with van der Waals surface area (Å²) in [4.78, 5) is 0.113. The van der Waals surface area contributed by atoms with Gasteiger partial charge in [0.25, 0.3) is 0 Å². The molecule has 340 valence electrons. The van der Waals surface area contributed by atoms with Gasteiger partial charge in [0.05, 0.1) is 86.6 Å². The van der Waals surface area contributed by atoms with Gasteiger partial charge in [0, 0.05) is 16.8 Å². The molecule has 73 heavy (non-hydrogen) atoms. The Kier molecular flexibility index (Phi) is 3.56. The standard InChI is InChI=1S/C72H47N/c1-4-21-48(22-5-1)49-39-41-51(42-40-49)69-55-28-11-10-23-50(55)43-46-68(69)73(54-44-45-59-58-31-12-16-33-61(58)71(66(59)47-54,52-24-6-2-7-25-52)53-26-8-3-9-27-53)67-38-20-37-65-70(67)60-32-15-19-36-64(60)72(65)62-34-17-13-29-56(62)57-30-14-18-35-63(57)72/h1-47H/i1D,2D,3D,4D,5D,6D,7D,8D,9D,10D,11D,12D,13D,14D,15D,16D,17D,18D,19D,20D,21D,22D,23D,24D,25D,26D,27D,28D,29D,30D,31D,32D,33D,34D,35D,36D,37D,38D,39D,40D,41D,42D,43D,44D,45D,46D,47D. The number of nitrogens with zero attached hydrogens (tertiary/aromatic N) is 1. The highest BCUT2D eigenvalue weighted by molar-refractivity contribution is 6.08. The van der Waals surface area contributed by atoms with Gasteiger partial charge in [0.2, 0.25) is 0 Å². The average Bonchev–Trinajstić information content (AvgIpc) is 1.47. The summed E-state index contributed by atoms with van der Waals surface area (Å²) in [5.74, 6) is 0. The minimum Gasteiger partial charge on any atom is -0.309 e. The maximum atomic E-state index is 11.5. The number of fused-ring (bicyclic) bond motifs is 14. The lowest BCUT2D eigenvalue weighted by Gasteiger charge is -2.36. The Balaban J connectivity index is 1.33. The summed E-state index contributed by atoms with van der Waals surface area (Å²) in [5, 5.41) is -2.38. The predicted molar refractivity (Wildman–Crippen MR) is 303 cm³/mol. The van der Waals surface area contributed by atoms with E-state index in [1.54, 1.807) is 0 Å². The summed E-state index contributed by atoms with van der Waals surface area (Å²) in [6.45, 7) is 0. The van der Waals surface area contributed by atoms with Crippen molar-refractivity contribution in [3.05, 3.63) is 329 Å². The number of hydrogen-bond donors (Lipinski definition) is 0. The quantitative estimate of drug-likeness (QED) is 0.154. The van der Waals surface area contributed by atoms with Crippen molar-refractivity contribution < 1.29 is 64.4 Å². The van der Waals surface area contributed by atoms with E-state index < -0.39 is 423 Å². The van der Waals surface area contributed by atoms with E-state index in [0.29, 0.717) is 0 Å². The lowest BCUT2D eigenvalue weighted by Crippen LogP contribution is -2.28. The van der Waals surface area contributed by atoms with Gasteiger partial charge in [-0.05, 0) is 124 Å². The lowest BCUT2D eigenvalue weighted by molar-refractivity contribution is 0.768. The van der Waals surface area contributed by atoms with E-state index >= 15 is 0 Å². The van der Waals surface area contributed by atoms with E-state index in [1.165, 1.54) is 0 Å². The van der Waals surface area contributed by atoms with Crippen molar-refractivity contribution in [2.24, 2.45) is 0 Å². The zero-order valence-corrected chi connectivity index (χ0v) is 36.4. The summed E-state index contributed by atoms with van der Waals surface area (Å²) < 4.78 is 455. The molecule has 0 saturated heterocycles. The van der Waals surface area contributed by atoms with Crippen LogP contribution in [0.4, 0.5) is 17.1 Å². The number of hydrogen-bond acceptors (Lipinski definition) is 1. The van der Waals surface area contributed by atoms with E-state index in [1.807, 2.05) is 0 Å². The number of rotatable bonds is 7. The fourth-order valence-corrected chi connectivity index (χ4v) is 10.1. The maximum absolute atomic E-state index is 11.5. The first kappa shape index (κ1) is 16.1. The summed E-state index contributed by atoms with van der Waals surface area (Å²) in [6.07, 6.45) is 0. The molecule has 3 aliphatic carbocycles. The summed E-state index contributed by atoms with van der Waals surface area (Å²) in [5.41, 5.74) is -33.3. The Morgan fingerprint density at radius 1 is 0.274 bits per heavy atom. The monoisotopic (exact) mass is 973 g/mol. The second-order valence-corrected chi connectivity index (χ2v) is 16.3. The molecule has 0 aromatic heterocycles. The van der Waals surface area contributed by atoms with Gasteiger partial charge >= 0.3 is 0 Å². The third-order valence-electron chi connectivity index (χ3n) is 12.9. The second kappa shape index (κ2) is 16.1. The van der Waals surface area contributed by atoms with Crippen LogP contribution >= 0.6 is 0 Å².